The average molecular weight is 425 g/mol. The summed E-state index contributed by atoms with van der Waals surface area (Å²) >= 11 is 0. The number of Topliss-reactive ketones (excluding diaryl/α,β-unsaturated/α-hetero) is 1. The number of para-hydroxylation sites is 1. The van der Waals surface area contributed by atoms with E-state index in [-0.39, 0.29) is 12.4 Å². The smallest absolute Gasteiger partial charge is 0.158 e. The number of ketones is 1. The molecule has 5 heteroatoms. The Morgan fingerprint density at radius 3 is 2.45 bits per heavy atom. The Kier molecular flexibility index (Phi) is 9.38. The van der Waals surface area contributed by atoms with Gasteiger partial charge in [-0.15, -0.1) is 0 Å². The van der Waals surface area contributed by atoms with Gasteiger partial charge < -0.3 is 14.7 Å². The molecule has 0 spiro atoms. The Labute approximate surface area is 186 Å². The van der Waals surface area contributed by atoms with Gasteiger partial charge in [-0.05, 0) is 55.0 Å². The fourth-order valence-electron chi connectivity index (χ4n) is 4.11. The molecule has 0 aromatic heterocycles. The van der Waals surface area contributed by atoms with E-state index in [0.717, 1.165) is 64.2 Å². The molecule has 0 saturated carbocycles. The molecule has 0 unspecified atom stereocenters. The molecule has 0 bridgehead atoms. The Hall–Kier alpha value is -2.37. The summed E-state index contributed by atoms with van der Waals surface area (Å²) < 4.78 is 5.96. The van der Waals surface area contributed by atoms with Crippen LogP contribution in [-0.4, -0.2) is 61.7 Å². The first kappa shape index (κ1) is 23.3. The van der Waals surface area contributed by atoms with Gasteiger partial charge in [-0.25, -0.2) is 0 Å². The number of aliphatic hydroxyl groups is 1. The van der Waals surface area contributed by atoms with Crippen molar-refractivity contribution >= 4 is 11.5 Å². The number of carbonyl (C=O) groups excluding carboxylic acids is 1. The Morgan fingerprint density at radius 2 is 1.74 bits per heavy atom. The van der Waals surface area contributed by atoms with Crippen LogP contribution in [0.5, 0.6) is 5.75 Å². The predicted molar refractivity (Wildman–Crippen MR) is 126 cm³/mol. The molecule has 3 rings (SSSR count). The van der Waals surface area contributed by atoms with Gasteiger partial charge in [-0.3, -0.25) is 9.69 Å². The normalized spacial score (nSPS) is 14.6. The zero-order valence-corrected chi connectivity index (χ0v) is 18.8. The van der Waals surface area contributed by atoms with Crippen molar-refractivity contribution in [1.29, 1.82) is 0 Å². The monoisotopic (exact) mass is 424 g/mol. The lowest BCUT2D eigenvalue weighted by Crippen LogP contribution is -2.47. The first-order valence-electron chi connectivity index (χ1n) is 11.6. The van der Waals surface area contributed by atoms with E-state index in [4.69, 9.17) is 9.84 Å². The Balaban J connectivity index is 1.33. The van der Waals surface area contributed by atoms with Crippen LogP contribution in [0.3, 0.4) is 0 Å². The first-order valence-corrected chi connectivity index (χ1v) is 11.6. The molecule has 1 aliphatic rings. The molecule has 2 aromatic rings. The van der Waals surface area contributed by atoms with Gasteiger partial charge in [0, 0.05) is 44.8 Å². The van der Waals surface area contributed by atoms with Gasteiger partial charge in [0.15, 0.2) is 5.78 Å². The van der Waals surface area contributed by atoms with Crippen LogP contribution in [0.4, 0.5) is 5.69 Å². The van der Waals surface area contributed by atoms with Crippen LogP contribution in [0.2, 0.25) is 0 Å². The molecule has 2 aromatic carbocycles. The number of aliphatic hydroxyl groups excluding tert-OH is 1. The number of carbonyl (C=O) groups is 1. The van der Waals surface area contributed by atoms with Gasteiger partial charge in [0.2, 0.25) is 0 Å². The molecule has 0 atom stereocenters. The van der Waals surface area contributed by atoms with Crippen molar-refractivity contribution in [1.82, 2.24) is 4.90 Å². The maximum absolute atomic E-state index is 11.1. The standard InChI is InChI=1S/C26H36N2O3/c1-2-23-8-4-6-10-26(23)28-17-15-27(16-18-28)19-20-31-25-13-11-22(12-14-25)7-3-5-9-24(30)21-29/h4,6,8,10-14,29H,2-3,5,7,9,15-21H2,1H3. The van der Waals surface area contributed by atoms with Crippen molar-refractivity contribution in [2.24, 2.45) is 0 Å². The van der Waals surface area contributed by atoms with Gasteiger partial charge >= 0.3 is 0 Å². The molecule has 31 heavy (non-hydrogen) atoms. The topological polar surface area (TPSA) is 53.0 Å². The molecule has 0 radical (unpaired) electrons. The number of nitrogens with zero attached hydrogens (tertiary/aromatic N) is 2. The summed E-state index contributed by atoms with van der Waals surface area (Å²) in [5, 5.41) is 8.75. The van der Waals surface area contributed by atoms with E-state index >= 15 is 0 Å². The zero-order valence-electron chi connectivity index (χ0n) is 18.8. The first-order chi connectivity index (χ1) is 15.2. The lowest BCUT2D eigenvalue weighted by atomic mass is 10.1. The molecule has 1 saturated heterocycles. The Bertz CT molecular complexity index is 799. The number of piperazine rings is 1. The largest absolute Gasteiger partial charge is 0.492 e. The van der Waals surface area contributed by atoms with Gasteiger partial charge in [-0.2, -0.15) is 0 Å². The molecule has 0 aliphatic carbocycles. The fraction of sp³-hybridized carbons (Fsp3) is 0.500. The van der Waals surface area contributed by atoms with E-state index in [9.17, 15) is 4.79 Å². The summed E-state index contributed by atoms with van der Waals surface area (Å²) in [6.07, 6.45) is 4.28. The number of benzene rings is 2. The second kappa shape index (κ2) is 12.5. The molecule has 1 N–H and O–H groups in total. The van der Waals surface area contributed by atoms with Crippen LogP contribution in [0.1, 0.15) is 37.3 Å². The quantitative estimate of drug-likeness (QED) is 0.526. The van der Waals surface area contributed by atoms with E-state index in [1.54, 1.807) is 0 Å². The lowest BCUT2D eigenvalue weighted by molar-refractivity contribution is -0.121. The van der Waals surface area contributed by atoms with Crippen molar-refractivity contribution < 1.29 is 14.6 Å². The summed E-state index contributed by atoms with van der Waals surface area (Å²) in [6, 6.07) is 17.0. The summed E-state index contributed by atoms with van der Waals surface area (Å²) in [7, 11) is 0. The highest BCUT2D eigenvalue weighted by Gasteiger charge is 2.18. The second-order valence-electron chi connectivity index (χ2n) is 8.21. The van der Waals surface area contributed by atoms with Gasteiger partial charge in [0.05, 0.1) is 0 Å². The third-order valence-corrected chi connectivity index (χ3v) is 6.03. The minimum absolute atomic E-state index is 0.0732. The van der Waals surface area contributed by atoms with Crippen LogP contribution in [0.15, 0.2) is 48.5 Å². The fourth-order valence-corrected chi connectivity index (χ4v) is 4.11. The van der Waals surface area contributed by atoms with E-state index in [0.29, 0.717) is 13.0 Å². The highest BCUT2D eigenvalue weighted by Crippen LogP contribution is 2.22. The molecular weight excluding hydrogens is 388 g/mol. The van der Waals surface area contributed by atoms with Crippen LogP contribution in [-0.2, 0) is 17.6 Å². The number of unbranched alkanes of at least 4 members (excludes halogenated alkanes) is 1. The van der Waals surface area contributed by atoms with E-state index in [1.807, 2.05) is 12.1 Å². The van der Waals surface area contributed by atoms with Crippen LogP contribution in [0.25, 0.3) is 0 Å². The molecule has 1 aliphatic heterocycles. The third-order valence-electron chi connectivity index (χ3n) is 6.03. The predicted octanol–water partition coefficient (Wildman–Crippen LogP) is 3.72. The maximum Gasteiger partial charge on any atom is 0.158 e. The molecule has 1 fully saturated rings. The molecular formula is C26H36N2O3. The highest BCUT2D eigenvalue weighted by atomic mass is 16.5. The van der Waals surface area contributed by atoms with Gasteiger partial charge in [0.1, 0.15) is 19.0 Å². The van der Waals surface area contributed by atoms with Crippen LogP contribution >= 0.6 is 0 Å². The van der Waals surface area contributed by atoms with Crippen molar-refractivity contribution in [3.8, 4) is 5.75 Å². The number of ether oxygens (including phenoxy) is 1. The number of hydrogen-bond donors (Lipinski definition) is 1. The van der Waals surface area contributed by atoms with E-state index in [1.165, 1.54) is 16.8 Å². The summed E-state index contributed by atoms with van der Waals surface area (Å²) in [5.74, 6) is 0.839. The van der Waals surface area contributed by atoms with Crippen LogP contribution in [0, 0.1) is 0 Å². The van der Waals surface area contributed by atoms with Crippen molar-refractivity contribution in [3.63, 3.8) is 0 Å². The average Bonchev–Trinajstić information content (AvgIpc) is 2.83. The van der Waals surface area contributed by atoms with Gasteiger partial charge in [0.25, 0.3) is 0 Å². The Morgan fingerprint density at radius 1 is 1.00 bits per heavy atom. The minimum atomic E-state index is -0.339. The minimum Gasteiger partial charge on any atom is -0.492 e. The van der Waals surface area contributed by atoms with Crippen molar-refractivity contribution in [3.05, 3.63) is 59.7 Å². The summed E-state index contributed by atoms with van der Waals surface area (Å²) in [4.78, 5) is 16.1. The van der Waals surface area contributed by atoms with Gasteiger partial charge in [-0.1, -0.05) is 37.3 Å². The third kappa shape index (κ3) is 7.37. The van der Waals surface area contributed by atoms with Crippen LogP contribution < -0.4 is 9.64 Å². The molecule has 0 amide bonds. The molecule has 168 valence electrons. The number of rotatable bonds is 12. The molecule has 5 nitrogen and oxygen atoms in total. The summed E-state index contributed by atoms with van der Waals surface area (Å²) in [5.41, 5.74) is 4.08. The highest BCUT2D eigenvalue weighted by molar-refractivity contribution is 5.79. The SMILES string of the molecule is CCc1ccccc1N1CCN(CCOc2ccc(CCCCC(=O)CO)cc2)CC1. The maximum atomic E-state index is 11.1. The number of aryl methyl sites for hydroxylation is 2. The van der Waals surface area contributed by atoms with Crippen molar-refractivity contribution in [2.45, 2.75) is 39.0 Å². The zero-order chi connectivity index (χ0) is 21.9. The van der Waals surface area contributed by atoms with E-state index < -0.39 is 0 Å². The second-order valence-corrected chi connectivity index (χ2v) is 8.21. The van der Waals surface area contributed by atoms with Crippen molar-refractivity contribution in [2.75, 3.05) is 50.8 Å². The molecule has 1 heterocycles. The van der Waals surface area contributed by atoms with E-state index in [2.05, 4.69) is 53.1 Å². The number of hydrogen-bond acceptors (Lipinski definition) is 5. The number of anilines is 1. The summed E-state index contributed by atoms with van der Waals surface area (Å²) in [6.45, 7) is 7.80. The lowest BCUT2D eigenvalue weighted by Gasteiger charge is -2.37.